The molecule has 3 saturated carbocycles. The Balaban J connectivity index is 1.33. The first kappa shape index (κ1) is 28.9. The smallest absolute Gasteiger partial charge is 0.189 e. The molecule has 4 fully saturated rings. The lowest BCUT2D eigenvalue weighted by molar-refractivity contribution is -0.176. The number of carbonyl (C=O) groups excluding carboxylic acids is 1. The van der Waals surface area contributed by atoms with Gasteiger partial charge in [-0.05, 0) is 106 Å². The van der Waals surface area contributed by atoms with Crippen LogP contribution in [0, 0.1) is 45.1 Å². The largest absolute Gasteiger partial charge is 0.393 e. The first-order valence-electron chi connectivity index (χ1n) is 16.5. The molecule has 2 spiro atoms. The molecule has 1 unspecified atom stereocenters. The van der Waals surface area contributed by atoms with Gasteiger partial charge in [0.15, 0.2) is 17.4 Å². The molecular formula is C36H47F2NO3. The Hall–Kier alpha value is -1.89. The number of aliphatic hydroxyl groups is 2. The van der Waals surface area contributed by atoms with Crippen molar-refractivity contribution in [3.8, 4) is 0 Å². The summed E-state index contributed by atoms with van der Waals surface area (Å²) in [4.78, 5) is 17.0. The average Bonchev–Trinajstić information content (AvgIpc) is 3.21. The summed E-state index contributed by atoms with van der Waals surface area (Å²) < 4.78 is 28.3. The van der Waals surface area contributed by atoms with Crippen molar-refractivity contribution in [2.45, 2.75) is 103 Å². The Labute approximate surface area is 249 Å². The van der Waals surface area contributed by atoms with Gasteiger partial charge in [0.2, 0.25) is 0 Å². The molecule has 2 bridgehead atoms. The number of carbonyl (C=O) groups is 1. The summed E-state index contributed by atoms with van der Waals surface area (Å²) in [6.07, 6.45) is 18.0. The van der Waals surface area contributed by atoms with Gasteiger partial charge in [0.1, 0.15) is 0 Å². The zero-order valence-electron chi connectivity index (χ0n) is 25.3. The van der Waals surface area contributed by atoms with E-state index in [0.717, 1.165) is 57.3 Å². The van der Waals surface area contributed by atoms with Gasteiger partial charge in [-0.2, -0.15) is 0 Å². The number of nitrogens with zero attached hydrogens (tertiary/aromatic N) is 1. The molecule has 1 aromatic rings. The van der Waals surface area contributed by atoms with Gasteiger partial charge < -0.3 is 15.1 Å². The fraction of sp³-hybridized carbons (Fsp3) is 0.694. The highest BCUT2D eigenvalue weighted by molar-refractivity contribution is 6.10. The second-order valence-electron chi connectivity index (χ2n) is 15.3. The van der Waals surface area contributed by atoms with E-state index in [9.17, 15) is 23.8 Å². The Kier molecular flexibility index (Phi) is 6.74. The summed E-state index contributed by atoms with van der Waals surface area (Å²) in [5, 5.41) is 23.5. The SMILES string of the molecule is C[C@]12CC[C@H]3[C@]4(C=C[C@@]5(C=C4C(=O)c4ccc(F)c(F)c4)CC(O)CC[C@]35C)[C@@H]1CC[C@@]2(O)CN1CCCCCCC1. The average molecular weight is 580 g/mol. The number of rotatable bonds is 4. The van der Waals surface area contributed by atoms with Crippen LogP contribution in [-0.2, 0) is 0 Å². The second-order valence-corrected chi connectivity index (χ2v) is 15.3. The van der Waals surface area contributed by atoms with Gasteiger partial charge >= 0.3 is 0 Å². The molecule has 4 nitrogen and oxygen atoms in total. The van der Waals surface area contributed by atoms with Crippen LogP contribution < -0.4 is 0 Å². The molecule has 8 rings (SSSR count). The monoisotopic (exact) mass is 579 g/mol. The lowest BCUT2D eigenvalue weighted by Gasteiger charge is -2.71. The van der Waals surface area contributed by atoms with Crippen LogP contribution in [0.2, 0.25) is 0 Å². The standard InChI is InChI=1S/C36H47F2NO3/c1-32-13-10-25(40)21-34(32)16-17-36(26(22-34)31(41)24-8-9-27(37)28(38)20-24)29(32)11-14-33(2)30(36)12-15-35(33,42)23-39-18-6-4-3-5-7-19-39/h8-9,16-17,20,22,25,29-30,40,42H,3-7,10-15,18-19,21,23H2,1-2H3/t25?,29-,30-,32-,33+,34+,35-,36-/m1/s1. The minimum absolute atomic E-state index is 0.0576. The topological polar surface area (TPSA) is 60.8 Å². The van der Waals surface area contributed by atoms with E-state index < -0.39 is 34.2 Å². The zero-order valence-corrected chi connectivity index (χ0v) is 25.3. The molecule has 6 aliphatic carbocycles. The van der Waals surface area contributed by atoms with Gasteiger partial charge in [-0.15, -0.1) is 0 Å². The molecule has 8 atom stereocenters. The summed E-state index contributed by atoms with van der Waals surface area (Å²) >= 11 is 0. The summed E-state index contributed by atoms with van der Waals surface area (Å²) in [6, 6.07) is 3.49. The van der Waals surface area contributed by atoms with Crippen molar-refractivity contribution in [2.75, 3.05) is 19.6 Å². The third kappa shape index (κ3) is 3.83. The van der Waals surface area contributed by atoms with E-state index in [-0.39, 0.29) is 34.0 Å². The molecule has 1 aliphatic heterocycles. The number of ketones is 1. The third-order valence-corrected chi connectivity index (χ3v) is 13.6. The number of benzene rings is 1. The van der Waals surface area contributed by atoms with Crippen molar-refractivity contribution >= 4 is 5.78 Å². The summed E-state index contributed by atoms with van der Waals surface area (Å²) in [5.41, 5.74) is -1.54. The highest BCUT2D eigenvalue weighted by atomic mass is 19.2. The normalized spacial score (nSPS) is 44.9. The Morgan fingerprint density at radius 3 is 2.31 bits per heavy atom. The fourth-order valence-electron chi connectivity index (χ4n) is 11.2. The van der Waals surface area contributed by atoms with Gasteiger partial charge in [-0.3, -0.25) is 4.79 Å². The van der Waals surface area contributed by atoms with Crippen molar-refractivity contribution in [3.05, 3.63) is 59.2 Å². The van der Waals surface area contributed by atoms with Crippen molar-refractivity contribution < 1.29 is 23.8 Å². The summed E-state index contributed by atoms with van der Waals surface area (Å²) in [7, 11) is 0. The van der Waals surface area contributed by atoms with E-state index in [2.05, 4.69) is 37.0 Å². The van der Waals surface area contributed by atoms with E-state index in [0.29, 0.717) is 25.0 Å². The number of allylic oxidation sites excluding steroid dienone is 4. The number of hydrogen-bond acceptors (Lipinski definition) is 4. The second kappa shape index (κ2) is 9.81. The predicted molar refractivity (Wildman–Crippen MR) is 159 cm³/mol. The molecule has 7 aliphatic rings. The van der Waals surface area contributed by atoms with E-state index in [1.165, 1.54) is 38.2 Å². The quantitative estimate of drug-likeness (QED) is 0.298. The number of halogens is 2. The fourth-order valence-corrected chi connectivity index (χ4v) is 11.2. The zero-order chi connectivity index (χ0) is 29.5. The van der Waals surface area contributed by atoms with Gasteiger partial charge in [-0.25, -0.2) is 8.78 Å². The van der Waals surface area contributed by atoms with Crippen LogP contribution in [0.3, 0.4) is 0 Å². The van der Waals surface area contributed by atoms with Gasteiger partial charge in [0.25, 0.3) is 0 Å². The maximum Gasteiger partial charge on any atom is 0.189 e. The lowest BCUT2D eigenvalue weighted by Crippen LogP contribution is -2.67. The highest BCUT2D eigenvalue weighted by Gasteiger charge is 2.74. The summed E-state index contributed by atoms with van der Waals surface area (Å²) in [6.45, 7) is 7.37. The molecule has 1 aromatic carbocycles. The van der Waals surface area contributed by atoms with E-state index >= 15 is 0 Å². The van der Waals surface area contributed by atoms with Crippen LogP contribution in [0.5, 0.6) is 0 Å². The first-order valence-corrected chi connectivity index (χ1v) is 16.5. The van der Waals surface area contributed by atoms with Crippen LogP contribution in [-0.4, -0.2) is 52.2 Å². The minimum atomic E-state index is -1.01. The third-order valence-electron chi connectivity index (χ3n) is 13.6. The van der Waals surface area contributed by atoms with Crippen molar-refractivity contribution in [2.24, 2.45) is 33.5 Å². The van der Waals surface area contributed by atoms with Crippen molar-refractivity contribution in [1.82, 2.24) is 4.90 Å². The molecule has 0 radical (unpaired) electrons. The Morgan fingerprint density at radius 1 is 0.905 bits per heavy atom. The number of β-amino-alcohol motifs (C(OH)–C–C–N with tert-alkyl or cyclic N) is 1. The van der Waals surface area contributed by atoms with Crippen molar-refractivity contribution in [1.29, 1.82) is 0 Å². The van der Waals surface area contributed by atoms with Crippen LogP contribution in [0.25, 0.3) is 0 Å². The molecule has 2 N–H and O–H groups in total. The highest BCUT2D eigenvalue weighted by Crippen LogP contribution is 2.78. The number of aliphatic hydroxyl groups excluding tert-OH is 1. The Bertz CT molecular complexity index is 1330. The van der Waals surface area contributed by atoms with Crippen LogP contribution >= 0.6 is 0 Å². The molecule has 1 saturated heterocycles. The van der Waals surface area contributed by atoms with E-state index in [1.54, 1.807) is 0 Å². The molecule has 6 heteroatoms. The maximum absolute atomic E-state index is 14.5. The van der Waals surface area contributed by atoms with Crippen LogP contribution in [0.4, 0.5) is 8.78 Å². The predicted octanol–water partition coefficient (Wildman–Crippen LogP) is 7.00. The first-order chi connectivity index (χ1) is 20.0. The van der Waals surface area contributed by atoms with Gasteiger partial charge in [0, 0.05) is 33.9 Å². The molecule has 0 aromatic heterocycles. The molecule has 1 heterocycles. The van der Waals surface area contributed by atoms with E-state index in [1.807, 2.05) is 0 Å². The number of Topliss-reactive ketones (excluding diaryl/α,β-unsaturated/α-hetero) is 1. The molecule has 42 heavy (non-hydrogen) atoms. The number of likely N-dealkylation sites (tertiary alicyclic amines) is 1. The van der Waals surface area contributed by atoms with Crippen molar-refractivity contribution in [3.63, 3.8) is 0 Å². The molecule has 228 valence electrons. The maximum atomic E-state index is 14.5. The summed E-state index contributed by atoms with van der Waals surface area (Å²) in [5.74, 6) is -1.98. The molecule has 0 amide bonds. The minimum Gasteiger partial charge on any atom is -0.393 e. The number of fused-ring (bicyclic) bond motifs is 1. The van der Waals surface area contributed by atoms with Crippen LogP contribution in [0.15, 0.2) is 42.0 Å². The molecular weight excluding hydrogens is 532 g/mol. The van der Waals surface area contributed by atoms with Crippen LogP contribution in [0.1, 0.15) is 101 Å². The number of hydrogen-bond donors (Lipinski definition) is 2. The van der Waals surface area contributed by atoms with Gasteiger partial charge in [0.05, 0.1) is 11.7 Å². The lowest BCUT2D eigenvalue weighted by atomic mass is 9.32. The Morgan fingerprint density at radius 2 is 1.57 bits per heavy atom. The van der Waals surface area contributed by atoms with Gasteiger partial charge in [-0.1, -0.05) is 51.3 Å². The van der Waals surface area contributed by atoms with E-state index in [4.69, 9.17) is 0 Å².